The highest BCUT2D eigenvalue weighted by molar-refractivity contribution is 6.33. The summed E-state index contributed by atoms with van der Waals surface area (Å²) in [5.74, 6) is -0.495. The molecule has 2 aliphatic heterocycles. The van der Waals surface area contributed by atoms with E-state index in [-0.39, 0.29) is 16.8 Å². The van der Waals surface area contributed by atoms with Crippen molar-refractivity contribution in [1.82, 2.24) is 4.90 Å². The van der Waals surface area contributed by atoms with E-state index in [0.717, 1.165) is 26.1 Å². The third-order valence-electron chi connectivity index (χ3n) is 4.71. The molecule has 0 saturated carbocycles. The zero-order chi connectivity index (χ0) is 15.1. The molecule has 116 valence electrons. The van der Waals surface area contributed by atoms with E-state index in [2.05, 4.69) is 16.7 Å². The molecule has 4 nitrogen and oxygen atoms in total. The first-order valence-corrected chi connectivity index (χ1v) is 7.90. The van der Waals surface area contributed by atoms with Crippen LogP contribution in [0.2, 0.25) is 5.02 Å². The summed E-state index contributed by atoms with van der Waals surface area (Å²) in [5.41, 5.74) is 12.7. The Kier molecular flexibility index (Phi) is 3.88. The van der Waals surface area contributed by atoms with Crippen LogP contribution < -0.4 is 16.4 Å². The van der Waals surface area contributed by atoms with Gasteiger partial charge in [0, 0.05) is 25.2 Å². The molecule has 0 radical (unpaired) electrons. The average molecular weight is 313 g/mol. The minimum absolute atomic E-state index is 0.0301. The molecule has 21 heavy (non-hydrogen) atoms. The maximum absolute atomic E-state index is 14.6. The topological polar surface area (TPSA) is 58.5 Å². The van der Waals surface area contributed by atoms with Gasteiger partial charge in [-0.1, -0.05) is 18.0 Å². The molecular formula is C15H22ClFN4. The van der Waals surface area contributed by atoms with E-state index in [1.54, 1.807) is 6.07 Å². The molecule has 6 heteroatoms. The highest BCUT2D eigenvalue weighted by atomic mass is 35.5. The maximum Gasteiger partial charge on any atom is 0.169 e. The van der Waals surface area contributed by atoms with Crippen molar-refractivity contribution in [2.75, 3.05) is 36.0 Å². The maximum atomic E-state index is 14.6. The fourth-order valence-electron chi connectivity index (χ4n) is 3.61. The second kappa shape index (κ2) is 5.54. The molecule has 1 aromatic rings. The lowest BCUT2D eigenvalue weighted by molar-refractivity contribution is 0.115. The molecular weight excluding hydrogens is 291 g/mol. The summed E-state index contributed by atoms with van der Waals surface area (Å²) in [6.07, 6.45) is 3.66. The number of nitrogens with zero attached hydrogens (tertiary/aromatic N) is 2. The van der Waals surface area contributed by atoms with Crippen LogP contribution in [0.5, 0.6) is 0 Å². The molecule has 3 rings (SSSR count). The molecule has 0 aliphatic carbocycles. The van der Waals surface area contributed by atoms with Crippen molar-refractivity contribution in [1.29, 1.82) is 0 Å². The number of rotatable bonds is 1. The Morgan fingerprint density at radius 1 is 1.24 bits per heavy atom. The van der Waals surface area contributed by atoms with Crippen molar-refractivity contribution in [2.24, 2.45) is 0 Å². The van der Waals surface area contributed by atoms with E-state index in [1.807, 2.05) is 0 Å². The lowest BCUT2D eigenvalue weighted by Gasteiger charge is -2.48. The van der Waals surface area contributed by atoms with Crippen LogP contribution in [0.15, 0.2) is 6.07 Å². The van der Waals surface area contributed by atoms with Crippen LogP contribution in [0.3, 0.4) is 0 Å². The Labute approximate surface area is 129 Å². The number of piperidine rings is 1. The van der Waals surface area contributed by atoms with Gasteiger partial charge in [-0.05, 0) is 32.4 Å². The van der Waals surface area contributed by atoms with Crippen LogP contribution in [-0.2, 0) is 0 Å². The van der Waals surface area contributed by atoms with Gasteiger partial charge in [0.25, 0.3) is 0 Å². The van der Waals surface area contributed by atoms with Gasteiger partial charge in [0.15, 0.2) is 5.82 Å². The summed E-state index contributed by atoms with van der Waals surface area (Å²) in [7, 11) is 0. The van der Waals surface area contributed by atoms with Crippen molar-refractivity contribution in [3.8, 4) is 0 Å². The second-order valence-electron chi connectivity index (χ2n) is 6.18. The minimum atomic E-state index is -0.495. The Morgan fingerprint density at radius 3 is 2.76 bits per heavy atom. The smallest absolute Gasteiger partial charge is 0.169 e. The molecule has 2 aliphatic rings. The van der Waals surface area contributed by atoms with Crippen molar-refractivity contribution >= 4 is 28.7 Å². The lowest BCUT2D eigenvalue weighted by Crippen LogP contribution is -2.59. The second-order valence-corrected chi connectivity index (χ2v) is 6.56. The van der Waals surface area contributed by atoms with Gasteiger partial charge in [-0.15, -0.1) is 0 Å². The highest BCUT2D eigenvalue weighted by Crippen LogP contribution is 2.39. The van der Waals surface area contributed by atoms with E-state index in [1.165, 1.54) is 12.8 Å². The first-order valence-electron chi connectivity index (χ1n) is 7.52. The van der Waals surface area contributed by atoms with Gasteiger partial charge in [-0.3, -0.25) is 4.90 Å². The Bertz CT molecular complexity index is 551. The molecule has 2 heterocycles. The average Bonchev–Trinajstić information content (AvgIpc) is 2.45. The van der Waals surface area contributed by atoms with E-state index in [4.69, 9.17) is 23.1 Å². The van der Waals surface area contributed by atoms with Crippen LogP contribution in [0.1, 0.15) is 26.2 Å². The molecule has 2 unspecified atom stereocenters. The van der Waals surface area contributed by atoms with Gasteiger partial charge in [0.1, 0.15) is 5.02 Å². The van der Waals surface area contributed by atoms with E-state index in [0.29, 0.717) is 17.4 Å². The van der Waals surface area contributed by atoms with E-state index in [9.17, 15) is 4.39 Å². The number of nitrogen functional groups attached to an aromatic ring is 2. The third-order valence-corrected chi connectivity index (χ3v) is 5.10. The van der Waals surface area contributed by atoms with Crippen molar-refractivity contribution < 1.29 is 4.39 Å². The number of piperazine rings is 1. The SMILES string of the molecule is CC1CN2CCCCC2CN1c1c(N)cc(N)c(Cl)c1F. The van der Waals surface area contributed by atoms with Gasteiger partial charge >= 0.3 is 0 Å². The van der Waals surface area contributed by atoms with Gasteiger partial charge in [0.2, 0.25) is 0 Å². The zero-order valence-electron chi connectivity index (χ0n) is 12.3. The molecule has 2 saturated heterocycles. The van der Waals surface area contributed by atoms with Gasteiger partial charge in [-0.25, -0.2) is 4.39 Å². The first kappa shape index (κ1) is 14.7. The molecule has 0 amide bonds. The minimum Gasteiger partial charge on any atom is -0.397 e. The number of hydrogen-bond donors (Lipinski definition) is 2. The van der Waals surface area contributed by atoms with Gasteiger partial charge in [-0.2, -0.15) is 0 Å². The molecule has 1 aromatic carbocycles. The highest BCUT2D eigenvalue weighted by Gasteiger charge is 2.35. The van der Waals surface area contributed by atoms with Crippen LogP contribution in [0.4, 0.5) is 21.5 Å². The fourth-order valence-corrected chi connectivity index (χ4v) is 3.76. The summed E-state index contributed by atoms with van der Waals surface area (Å²) in [6.45, 7) is 4.98. The Balaban J connectivity index is 1.95. The number of anilines is 3. The molecule has 2 fully saturated rings. The fraction of sp³-hybridized carbons (Fsp3) is 0.600. The number of benzene rings is 1. The molecule has 4 N–H and O–H groups in total. The molecule has 0 aromatic heterocycles. The monoisotopic (exact) mass is 312 g/mol. The van der Waals surface area contributed by atoms with Crippen molar-refractivity contribution in [2.45, 2.75) is 38.3 Å². The van der Waals surface area contributed by atoms with Crippen molar-refractivity contribution in [3.63, 3.8) is 0 Å². The van der Waals surface area contributed by atoms with Crippen LogP contribution in [-0.4, -0.2) is 36.6 Å². The van der Waals surface area contributed by atoms with E-state index >= 15 is 0 Å². The normalized spacial score (nSPS) is 26.7. The van der Waals surface area contributed by atoms with Gasteiger partial charge in [0.05, 0.1) is 17.1 Å². The molecule has 2 atom stereocenters. The van der Waals surface area contributed by atoms with E-state index < -0.39 is 5.82 Å². The first-order chi connectivity index (χ1) is 9.99. The van der Waals surface area contributed by atoms with Crippen LogP contribution in [0.25, 0.3) is 0 Å². The summed E-state index contributed by atoms with van der Waals surface area (Å²) >= 11 is 5.97. The summed E-state index contributed by atoms with van der Waals surface area (Å²) in [6, 6.07) is 2.24. The van der Waals surface area contributed by atoms with Crippen LogP contribution in [0, 0.1) is 5.82 Å². The largest absolute Gasteiger partial charge is 0.397 e. The Morgan fingerprint density at radius 2 is 2.00 bits per heavy atom. The summed E-state index contributed by atoms with van der Waals surface area (Å²) < 4.78 is 14.6. The molecule has 0 bridgehead atoms. The Hall–Kier alpha value is -1.20. The van der Waals surface area contributed by atoms with Gasteiger partial charge < -0.3 is 16.4 Å². The summed E-state index contributed by atoms with van der Waals surface area (Å²) in [4.78, 5) is 4.57. The zero-order valence-corrected chi connectivity index (χ0v) is 13.0. The standard InChI is InChI=1S/C15H22ClFN4/c1-9-7-20-5-3-2-4-10(20)8-21(9)15-12(19)6-11(18)13(16)14(15)17/h6,9-10H,2-5,7-8,18-19H2,1H3. The number of hydrogen-bond acceptors (Lipinski definition) is 4. The van der Waals surface area contributed by atoms with Crippen LogP contribution >= 0.6 is 11.6 Å². The number of nitrogens with two attached hydrogens (primary N) is 2. The molecule has 0 spiro atoms. The lowest BCUT2D eigenvalue weighted by atomic mass is 9.96. The quantitative estimate of drug-likeness (QED) is 0.783. The summed E-state index contributed by atoms with van der Waals surface area (Å²) in [5, 5.41) is -0.0301. The van der Waals surface area contributed by atoms with Crippen molar-refractivity contribution in [3.05, 3.63) is 16.9 Å². The predicted molar refractivity (Wildman–Crippen MR) is 86.3 cm³/mol. The predicted octanol–water partition coefficient (Wildman–Crippen LogP) is 2.71. The number of fused-ring (bicyclic) bond motifs is 1. The third kappa shape index (κ3) is 2.53. The number of halogens is 2.